The minimum Gasteiger partial charge on any atom is -0.444 e. The molecule has 2 heterocycles. The second kappa shape index (κ2) is 13.4. The van der Waals surface area contributed by atoms with Crippen LogP contribution in [0.25, 0.3) is 0 Å². The molecule has 0 spiro atoms. The zero-order valence-electron chi connectivity index (χ0n) is 24.1. The SMILES string of the molecule is CC(C)(C)OC(=O)NCC1CCN(c2c(NC(=O)c3nc(Br)cn3COCC[Si](C)(C)C)ccc(F)c2F)CC1. The molecule has 222 valence electrons. The number of carbonyl (C=O) groups is 2. The lowest BCUT2D eigenvalue weighted by Crippen LogP contribution is -2.40. The van der Waals surface area contributed by atoms with E-state index in [1.165, 1.54) is 6.07 Å². The molecule has 1 aliphatic heterocycles. The van der Waals surface area contributed by atoms with E-state index < -0.39 is 37.3 Å². The van der Waals surface area contributed by atoms with Gasteiger partial charge in [-0.05, 0) is 73.6 Å². The van der Waals surface area contributed by atoms with Gasteiger partial charge in [0.2, 0.25) is 5.82 Å². The number of nitrogens with one attached hydrogen (secondary N) is 2. The summed E-state index contributed by atoms with van der Waals surface area (Å²) in [4.78, 5) is 31.2. The summed E-state index contributed by atoms with van der Waals surface area (Å²) in [5, 5.41) is 5.50. The summed E-state index contributed by atoms with van der Waals surface area (Å²) in [7, 11) is -1.27. The van der Waals surface area contributed by atoms with E-state index in [1.807, 2.05) is 0 Å². The quantitative estimate of drug-likeness (QED) is 0.235. The van der Waals surface area contributed by atoms with Gasteiger partial charge in [0.15, 0.2) is 11.6 Å². The highest BCUT2D eigenvalue weighted by Gasteiger charge is 2.27. The highest BCUT2D eigenvalue weighted by atomic mass is 79.9. The Kier molecular flexibility index (Phi) is 10.7. The molecule has 1 saturated heterocycles. The number of anilines is 2. The summed E-state index contributed by atoms with van der Waals surface area (Å²) in [5.41, 5.74) is -0.438. The average molecular weight is 645 g/mol. The summed E-state index contributed by atoms with van der Waals surface area (Å²) >= 11 is 3.30. The van der Waals surface area contributed by atoms with Crippen LogP contribution in [0.2, 0.25) is 25.7 Å². The maximum Gasteiger partial charge on any atom is 0.407 e. The molecular weight excluding hydrogens is 604 g/mol. The molecule has 1 aromatic carbocycles. The molecular formula is C27H40BrF2N5O4Si. The summed E-state index contributed by atoms with van der Waals surface area (Å²) < 4.78 is 42.5. The van der Waals surface area contributed by atoms with Gasteiger partial charge in [0.1, 0.15) is 16.9 Å². The smallest absolute Gasteiger partial charge is 0.407 e. The van der Waals surface area contributed by atoms with Crippen LogP contribution in [0.3, 0.4) is 0 Å². The Morgan fingerprint density at radius 2 is 1.85 bits per heavy atom. The van der Waals surface area contributed by atoms with Crippen molar-refractivity contribution in [3.63, 3.8) is 0 Å². The van der Waals surface area contributed by atoms with E-state index in [0.29, 0.717) is 43.7 Å². The molecule has 0 unspecified atom stereocenters. The van der Waals surface area contributed by atoms with E-state index in [2.05, 4.69) is 51.2 Å². The lowest BCUT2D eigenvalue weighted by molar-refractivity contribution is 0.0516. The number of halogens is 3. The van der Waals surface area contributed by atoms with Crippen molar-refractivity contribution >= 4 is 47.4 Å². The highest BCUT2D eigenvalue weighted by Crippen LogP contribution is 2.34. The van der Waals surface area contributed by atoms with E-state index in [9.17, 15) is 14.0 Å². The third-order valence-electron chi connectivity index (χ3n) is 6.36. The standard InChI is InChI=1S/C27H40BrF2N5O4Si/c1-27(2,3)39-26(37)31-15-18-9-11-34(12-10-18)23-20(8-7-19(29)22(23)30)32-25(36)24-33-21(28)16-35(24)17-38-13-14-40(4,5)6/h7-8,16,18H,9-15,17H2,1-6H3,(H,31,37)(H,32,36). The van der Waals surface area contributed by atoms with Gasteiger partial charge in [-0.2, -0.15) is 0 Å². The number of ether oxygens (including phenoxy) is 2. The number of aromatic nitrogens is 2. The monoisotopic (exact) mass is 643 g/mol. The summed E-state index contributed by atoms with van der Waals surface area (Å²) in [5.74, 6) is -2.35. The molecule has 1 fully saturated rings. The molecule has 40 heavy (non-hydrogen) atoms. The van der Waals surface area contributed by atoms with Crippen molar-refractivity contribution in [2.24, 2.45) is 5.92 Å². The minimum atomic E-state index is -1.27. The Labute approximate surface area is 244 Å². The third-order valence-corrected chi connectivity index (χ3v) is 8.45. The van der Waals surface area contributed by atoms with Crippen LogP contribution >= 0.6 is 15.9 Å². The fourth-order valence-electron chi connectivity index (χ4n) is 4.24. The number of amides is 2. The number of carbonyl (C=O) groups excluding carboxylic acids is 2. The van der Waals surface area contributed by atoms with E-state index in [-0.39, 0.29) is 29.8 Å². The number of imidazole rings is 1. The van der Waals surface area contributed by atoms with Crippen molar-refractivity contribution in [2.45, 2.75) is 71.6 Å². The Hall–Kier alpha value is -2.51. The summed E-state index contributed by atoms with van der Waals surface area (Å²) in [6, 6.07) is 3.33. The van der Waals surface area contributed by atoms with Gasteiger partial charge < -0.3 is 29.6 Å². The zero-order chi connectivity index (χ0) is 29.7. The maximum atomic E-state index is 15.1. The molecule has 0 saturated carbocycles. The fraction of sp³-hybridized carbons (Fsp3) is 0.593. The van der Waals surface area contributed by atoms with Crippen molar-refractivity contribution in [3.8, 4) is 0 Å². The summed E-state index contributed by atoms with van der Waals surface area (Å²) in [6.07, 6.45) is 2.45. The van der Waals surface area contributed by atoms with E-state index in [0.717, 1.165) is 12.1 Å². The molecule has 13 heteroatoms. The molecule has 2 amide bonds. The van der Waals surface area contributed by atoms with Crippen molar-refractivity contribution in [2.75, 3.05) is 36.5 Å². The third kappa shape index (κ3) is 9.55. The number of benzene rings is 1. The molecule has 9 nitrogen and oxygen atoms in total. The number of piperidine rings is 1. The number of hydrogen-bond donors (Lipinski definition) is 2. The first kappa shape index (κ1) is 32.0. The average Bonchev–Trinajstić information content (AvgIpc) is 3.22. The van der Waals surface area contributed by atoms with Crippen LogP contribution in [0.4, 0.5) is 25.0 Å². The van der Waals surface area contributed by atoms with Crippen molar-refractivity contribution in [1.82, 2.24) is 14.9 Å². The van der Waals surface area contributed by atoms with Gasteiger partial charge in [0.25, 0.3) is 5.91 Å². The molecule has 0 aliphatic carbocycles. The maximum absolute atomic E-state index is 15.1. The Morgan fingerprint density at radius 1 is 1.18 bits per heavy atom. The predicted octanol–water partition coefficient (Wildman–Crippen LogP) is 6.23. The Bertz CT molecular complexity index is 1190. The topological polar surface area (TPSA) is 97.7 Å². The van der Waals surface area contributed by atoms with Crippen LogP contribution in [0.15, 0.2) is 22.9 Å². The van der Waals surface area contributed by atoms with Gasteiger partial charge in [-0.15, -0.1) is 0 Å². The number of rotatable bonds is 10. The van der Waals surface area contributed by atoms with Gasteiger partial charge in [0, 0.05) is 40.5 Å². The number of hydrogen-bond acceptors (Lipinski definition) is 6. The van der Waals surface area contributed by atoms with Crippen LogP contribution in [0, 0.1) is 17.6 Å². The first-order valence-electron chi connectivity index (χ1n) is 13.4. The predicted molar refractivity (Wildman–Crippen MR) is 158 cm³/mol. The second-order valence-corrected chi connectivity index (χ2v) is 18.7. The number of alkyl carbamates (subject to hydrolysis) is 1. The van der Waals surface area contributed by atoms with Crippen LogP contribution in [-0.2, 0) is 16.2 Å². The fourth-order valence-corrected chi connectivity index (χ4v) is 5.41. The molecule has 3 rings (SSSR count). The first-order valence-corrected chi connectivity index (χ1v) is 17.9. The Balaban J connectivity index is 1.66. The highest BCUT2D eigenvalue weighted by molar-refractivity contribution is 9.10. The lowest BCUT2D eigenvalue weighted by atomic mass is 9.96. The Morgan fingerprint density at radius 3 is 2.48 bits per heavy atom. The van der Waals surface area contributed by atoms with E-state index in [4.69, 9.17) is 9.47 Å². The van der Waals surface area contributed by atoms with Crippen LogP contribution in [0.5, 0.6) is 0 Å². The number of nitrogens with zero attached hydrogens (tertiary/aromatic N) is 3. The first-order chi connectivity index (χ1) is 18.6. The molecule has 1 aliphatic rings. The molecule has 0 radical (unpaired) electrons. The van der Waals surface area contributed by atoms with Crippen molar-refractivity contribution < 1.29 is 27.8 Å². The minimum absolute atomic E-state index is 0.00420. The van der Waals surface area contributed by atoms with E-state index >= 15 is 4.39 Å². The largest absolute Gasteiger partial charge is 0.444 e. The van der Waals surface area contributed by atoms with Crippen molar-refractivity contribution in [3.05, 3.63) is 40.4 Å². The molecule has 2 aromatic rings. The van der Waals surface area contributed by atoms with Gasteiger partial charge in [-0.25, -0.2) is 18.6 Å². The molecule has 2 N–H and O–H groups in total. The van der Waals surface area contributed by atoms with Gasteiger partial charge in [-0.1, -0.05) is 19.6 Å². The molecule has 0 bridgehead atoms. The molecule has 0 atom stereocenters. The van der Waals surface area contributed by atoms with Crippen LogP contribution in [0.1, 0.15) is 44.2 Å². The molecule has 1 aromatic heterocycles. The summed E-state index contributed by atoms with van der Waals surface area (Å²) in [6.45, 7) is 14.1. The second-order valence-electron chi connectivity index (χ2n) is 12.2. The lowest BCUT2D eigenvalue weighted by Gasteiger charge is -2.35. The van der Waals surface area contributed by atoms with Gasteiger partial charge >= 0.3 is 6.09 Å². The van der Waals surface area contributed by atoms with Gasteiger partial charge in [0.05, 0.1) is 11.4 Å². The van der Waals surface area contributed by atoms with Crippen LogP contribution < -0.4 is 15.5 Å². The van der Waals surface area contributed by atoms with Crippen LogP contribution in [-0.4, -0.2) is 61.5 Å². The zero-order valence-corrected chi connectivity index (χ0v) is 26.7. The van der Waals surface area contributed by atoms with Crippen molar-refractivity contribution in [1.29, 1.82) is 0 Å². The van der Waals surface area contributed by atoms with E-state index in [1.54, 1.807) is 36.4 Å². The van der Waals surface area contributed by atoms with Gasteiger partial charge in [-0.3, -0.25) is 4.79 Å². The normalized spacial score (nSPS) is 14.8.